The number of unbranched alkanes of at least 4 members (excludes halogenated alkanes) is 8. The van der Waals surface area contributed by atoms with Gasteiger partial charge in [0.15, 0.2) is 0 Å². The van der Waals surface area contributed by atoms with Crippen LogP contribution in [-0.2, 0) is 0 Å². The maximum atomic E-state index is 9.92. The largest absolute Gasteiger partial charge is 0.860 e. The third-order valence-electron chi connectivity index (χ3n) is 8.86. The average Bonchev–Trinajstić information content (AvgIpc) is 3.04. The Kier molecular flexibility index (Phi) is 34.3. The Bertz CT molecular complexity index is 579. The normalized spacial score (nSPS) is 11.3. The molecule has 0 heterocycles. The van der Waals surface area contributed by atoms with Crippen LogP contribution in [0.1, 0.15) is 158 Å². The van der Waals surface area contributed by atoms with Gasteiger partial charge in [-0.3, -0.25) is 0 Å². The van der Waals surface area contributed by atoms with Crippen molar-refractivity contribution in [3.05, 3.63) is 30.3 Å². The molecule has 6 heteroatoms. The van der Waals surface area contributed by atoms with E-state index in [0.717, 1.165) is 0 Å². The highest BCUT2D eigenvalue weighted by molar-refractivity contribution is 7.76. The molecule has 0 aliphatic rings. The van der Waals surface area contributed by atoms with Gasteiger partial charge in [-0.2, -0.15) is 0 Å². The fourth-order valence-electron chi connectivity index (χ4n) is 5.90. The van der Waals surface area contributed by atoms with Crippen molar-refractivity contribution < 1.29 is 14.7 Å². The van der Waals surface area contributed by atoms with Crippen molar-refractivity contribution in [3.8, 4) is 5.75 Å². The summed E-state index contributed by atoms with van der Waals surface area (Å²) >= 11 is 0. The number of hydrogen-bond donors (Lipinski definition) is 0. The Morgan fingerprint density at radius 1 is 0.432 bits per heavy atom. The third kappa shape index (κ3) is 26.0. The van der Waals surface area contributed by atoms with E-state index in [2.05, 4.69) is 60.0 Å². The Balaban J connectivity index is 0. The van der Waals surface area contributed by atoms with E-state index in [0.29, 0.717) is 5.75 Å². The van der Waals surface area contributed by atoms with Crippen molar-refractivity contribution in [1.29, 1.82) is 0 Å². The van der Waals surface area contributed by atoms with Gasteiger partial charge >= 0.3 is 0 Å². The van der Waals surface area contributed by atoms with Crippen LogP contribution < -0.4 is 14.7 Å². The van der Waals surface area contributed by atoms with Gasteiger partial charge in [0.1, 0.15) is 7.32 Å². The summed E-state index contributed by atoms with van der Waals surface area (Å²) in [6.07, 6.45) is 35.9. The van der Waals surface area contributed by atoms with Crippen LogP contribution in [0, 0.1) is 0 Å². The fraction of sp³-hybridized carbons (Fsp3) is 0.842. The molecule has 0 aliphatic carbocycles. The predicted octanol–water partition coefficient (Wildman–Crippen LogP) is 11.2. The van der Waals surface area contributed by atoms with Crippen molar-refractivity contribution in [1.82, 2.24) is 0 Å². The summed E-state index contributed by atoms with van der Waals surface area (Å²) in [6.45, 7) is 18.8. The second-order valence-electron chi connectivity index (χ2n) is 13.0. The van der Waals surface area contributed by atoms with Crippen molar-refractivity contribution in [3.63, 3.8) is 0 Å². The molecule has 260 valence electrons. The zero-order chi connectivity index (χ0) is 33.4. The number of para-hydroxylation sites is 1. The summed E-state index contributed by atoms with van der Waals surface area (Å²) in [5, 5.41) is 19.8. The first-order valence-corrected chi connectivity index (χ1v) is 24.1. The molecule has 0 N–H and O–H groups in total. The first-order chi connectivity index (χ1) is 21.3. The Hall–Kier alpha value is -0.135. The van der Waals surface area contributed by atoms with Crippen LogP contribution in [0.5, 0.6) is 5.75 Å². The molecule has 1 aromatic rings. The molecule has 1 rings (SSSR count). The molecule has 0 bridgehead atoms. The molecule has 3 nitrogen and oxygen atoms in total. The number of hydrogen-bond acceptors (Lipinski definition) is 3. The summed E-state index contributed by atoms with van der Waals surface area (Å²) in [5.41, 5.74) is 0. The quantitative estimate of drug-likeness (QED) is 0.0738. The van der Waals surface area contributed by atoms with Crippen LogP contribution in [-0.4, -0.2) is 56.6 Å². The molecule has 0 amide bonds. The molecule has 0 aromatic heterocycles. The fourth-order valence-corrected chi connectivity index (χ4v) is 16.5. The lowest BCUT2D eigenvalue weighted by Gasteiger charge is -2.28. The second-order valence-corrected chi connectivity index (χ2v) is 22.0. The van der Waals surface area contributed by atoms with Gasteiger partial charge in [0.05, 0.1) is 55.0 Å². The van der Waals surface area contributed by atoms with E-state index in [1.54, 1.807) is 79.6 Å². The van der Waals surface area contributed by atoms with Crippen LogP contribution in [0.2, 0.25) is 0 Å². The van der Waals surface area contributed by atoms with Crippen LogP contribution in [0.4, 0.5) is 0 Å². The molecule has 0 aliphatic heterocycles. The van der Waals surface area contributed by atoms with Crippen LogP contribution in [0.25, 0.3) is 0 Å². The van der Waals surface area contributed by atoms with E-state index < -0.39 is 21.8 Å². The molecule has 0 radical (unpaired) electrons. The smallest absolute Gasteiger partial charge is 0.133 e. The van der Waals surface area contributed by atoms with E-state index >= 15 is 0 Å². The first-order valence-electron chi connectivity index (χ1n) is 19.0. The molecule has 0 saturated carbocycles. The third-order valence-corrected chi connectivity index (χ3v) is 19.0. The molecule has 0 fully saturated rings. The van der Waals surface area contributed by atoms with Gasteiger partial charge in [-0.05, 0) is 63.5 Å². The minimum Gasteiger partial charge on any atom is -0.860 e. The van der Waals surface area contributed by atoms with Crippen molar-refractivity contribution in [2.75, 3.05) is 49.3 Å². The highest BCUT2D eigenvalue weighted by Crippen LogP contribution is 2.62. The Morgan fingerprint density at radius 3 is 0.841 bits per heavy atom. The first kappa shape index (κ1) is 46.0. The Labute approximate surface area is 279 Å². The average molecular weight is 655 g/mol. The molecule has 0 saturated heterocycles. The van der Waals surface area contributed by atoms with Crippen LogP contribution in [0.15, 0.2) is 30.3 Å². The molecular weight excluding hydrogens is 577 g/mol. The molecule has 0 spiro atoms. The zero-order valence-corrected chi connectivity index (χ0v) is 32.8. The molecular formula is C38H77BO3P2. The summed E-state index contributed by atoms with van der Waals surface area (Å²) in [5.74, 6) is 0.317. The van der Waals surface area contributed by atoms with Crippen molar-refractivity contribution >= 4 is 21.8 Å². The van der Waals surface area contributed by atoms with E-state index in [4.69, 9.17) is 0 Å². The SMILES string of the molecule is CCCC[P+](CCCC)(CCCC)CCCC.CCCC[P+](CCCC)(CCCC)CCCC.[O-]B([O-])Oc1ccccc1. The minimum atomic E-state index is -2.23. The maximum absolute atomic E-state index is 9.92. The zero-order valence-electron chi connectivity index (χ0n) is 31.1. The van der Waals surface area contributed by atoms with Gasteiger partial charge in [0.25, 0.3) is 0 Å². The van der Waals surface area contributed by atoms with Gasteiger partial charge in [0, 0.05) is 14.5 Å². The molecule has 0 unspecified atom stereocenters. The lowest BCUT2D eigenvalue weighted by Crippen LogP contribution is -2.50. The summed E-state index contributed by atoms with van der Waals surface area (Å²) < 4.78 is 4.30. The van der Waals surface area contributed by atoms with Gasteiger partial charge in [-0.25, -0.2) is 0 Å². The van der Waals surface area contributed by atoms with E-state index in [9.17, 15) is 10.0 Å². The highest BCUT2D eigenvalue weighted by atomic mass is 31.2. The standard InChI is InChI=1S/2C16H36P.C6H5BO3/c2*1-5-9-13-17(14-10-6-2,15-11-7-3)16-12-8-4;8-7(9)10-6-4-2-1-3-5-6/h2*5-16H2,1-4H3;1-5H/q2*+1;-2. The molecule has 44 heavy (non-hydrogen) atoms. The second kappa shape index (κ2) is 32.8. The monoisotopic (exact) mass is 655 g/mol. The lowest BCUT2D eigenvalue weighted by atomic mass is 10.2. The topological polar surface area (TPSA) is 55.3 Å². The minimum absolute atomic E-state index is 0.317. The summed E-state index contributed by atoms with van der Waals surface area (Å²) in [6, 6.07) is 8.28. The summed E-state index contributed by atoms with van der Waals surface area (Å²) in [7, 11) is -3.36. The number of rotatable bonds is 26. The van der Waals surface area contributed by atoms with Crippen molar-refractivity contribution in [2.45, 2.75) is 158 Å². The lowest BCUT2D eigenvalue weighted by molar-refractivity contribution is -0.372. The predicted molar refractivity (Wildman–Crippen MR) is 205 cm³/mol. The number of benzene rings is 1. The van der Waals surface area contributed by atoms with Crippen molar-refractivity contribution in [2.24, 2.45) is 0 Å². The Morgan fingerprint density at radius 2 is 0.659 bits per heavy atom. The van der Waals surface area contributed by atoms with E-state index in [-0.39, 0.29) is 0 Å². The molecule has 0 atom stereocenters. The van der Waals surface area contributed by atoms with Crippen LogP contribution >= 0.6 is 14.5 Å². The maximum Gasteiger partial charge on any atom is 0.133 e. The van der Waals surface area contributed by atoms with Crippen LogP contribution in [0.3, 0.4) is 0 Å². The van der Waals surface area contributed by atoms with Gasteiger partial charge in [-0.1, -0.05) is 125 Å². The van der Waals surface area contributed by atoms with E-state index in [1.165, 1.54) is 103 Å². The van der Waals surface area contributed by atoms with Gasteiger partial charge in [0.2, 0.25) is 0 Å². The summed E-state index contributed by atoms with van der Waals surface area (Å²) in [4.78, 5) is 0. The molecule has 1 aromatic carbocycles. The van der Waals surface area contributed by atoms with Gasteiger partial charge in [-0.15, -0.1) is 0 Å². The van der Waals surface area contributed by atoms with Gasteiger partial charge < -0.3 is 14.7 Å². The highest BCUT2D eigenvalue weighted by Gasteiger charge is 2.35. The van der Waals surface area contributed by atoms with E-state index in [1.807, 2.05) is 0 Å².